The molecule has 1 N–H and O–H groups in total. The standard InChI is InChI=1S/C14H15BrClN3OS/c15-10-4-11(21-8-10)5-17-13-12(16)6-18-19(14(13)20)7-9-2-1-3-9/h4,6,8-9,17H,1-3,5,7H2. The van der Waals surface area contributed by atoms with Crippen LogP contribution in [0.4, 0.5) is 5.69 Å². The Morgan fingerprint density at radius 1 is 1.52 bits per heavy atom. The van der Waals surface area contributed by atoms with Gasteiger partial charge in [0.1, 0.15) is 5.69 Å². The van der Waals surface area contributed by atoms with E-state index in [1.165, 1.54) is 23.9 Å². The van der Waals surface area contributed by atoms with Crippen LogP contribution in [-0.4, -0.2) is 9.78 Å². The number of halogens is 2. The number of hydrogen-bond acceptors (Lipinski definition) is 4. The van der Waals surface area contributed by atoms with Gasteiger partial charge in [-0.05, 0) is 40.8 Å². The van der Waals surface area contributed by atoms with E-state index in [0.717, 1.165) is 9.35 Å². The van der Waals surface area contributed by atoms with Crippen molar-refractivity contribution in [3.05, 3.63) is 42.4 Å². The molecule has 0 saturated heterocycles. The van der Waals surface area contributed by atoms with Crippen LogP contribution in [0.25, 0.3) is 0 Å². The van der Waals surface area contributed by atoms with Crippen molar-refractivity contribution >= 4 is 44.6 Å². The minimum atomic E-state index is -0.134. The van der Waals surface area contributed by atoms with Crippen molar-refractivity contribution in [2.45, 2.75) is 32.4 Å². The third-order valence-corrected chi connectivity index (χ3v) is 5.70. The molecule has 1 aliphatic rings. The lowest BCUT2D eigenvalue weighted by molar-refractivity contribution is 0.262. The molecular weight excluding hydrogens is 374 g/mol. The second-order valence-corrected chi connectivity index (χ2v) is 7.56. The Morgan fingerprint density at radius 2 is 2.33 bits per heavy atom. The zero-order valence-corrected chi connectivity index (χ0v) is 14.5. The number of rotatable bonds is 5. The molecule has 112 valence electrons. The number of anilines is 1. The van der Waals surface area contributed by atoms with Crippen molar-refractivity contribution in [1.82, 2.24) is 9.78 Å². The van der Waals surface area contributed by atoms with Gasteiger partial charge in [0, 0.05) is 27.8 Å². The minimum Gasteiger partial charge on any atom is -0.374 e. The summed E-state index contributed by atoms with van der Waals surface area (Å²) < 4.78 is 2.58. The fourth-order valence-corrected chi connectivity index (χ4v) is 3.88. The van der Waals surface area contributed by atoms with E-state index in [1.54, 1.807) is 17.5 Å². The zero-order valence-electron chi connectivity index (χ0n) is 11.3. The Bertz CT molecular complexity index is 696. The molecule has 7 heteroatoms. The van der Waals surface area contributed by atoms with Gasteiger partial charge in [-0.1, -0.05) is 18.0 Å². The van der Waals surface area contributed by atoms with Crippen LogP contribution in [0.5, 0.6) is 0 Å². The van der Waals surface area contributed by atoms with Gasteiger partial charge in [-0.15, -0.1) is 11.3 Å². The summed E-state index contributed by atoms with van der Waals surface area (Å²) in [4.78, 5) is 13.6. The second-order valence-electron chi connectivity index (χ2n) is 5.24. The first-order chi connectivity index (χ1) is 10.1. The number of aromatic nitrogens is 2. The Balaban J connectivity index is 1.76. The van der Waals surface area contributed by atoms with E-state index in [2.05, 4.69) is 26.3 Å². The first kappa shape index (κ1) is 15.1. The van der Waals surface area contributed by atoms with Gasteiger partial charge in [0.2, 0.25) is 0 Å². The lowest BCUT2D eigenvalue weighted by Crippen LogP contribution is -2.30. The van der Waals surface area contributed by atoms with E-state index in [-0.39, 0.29) is 5.56 Å². The van der Waals surface area contributed by atoms with Gasteiger partial charge in [-0.25, -0.2) is 4.68 Å². The summed E-state index contributed by atoms with van der Waals surface area (Å²) in [6.07, 6.45) is 5.17. The highest BCUT2D eigenvalue weighted by Gasteiger charge is 2.20. The van der Waals surface area contributed by atoms with Crippen molar-refractivity contribution in [2.75, 3.05) is 5.32 Å². The Labute approximate surface area is 140 Å². The molecule has 0 atom stereocenters. The average Bonchev–Trinajstić information content (AvgIpc) is 2.81. The molecule has 0 unspecified atom stereocenters. The number of hydrogen-bond donors (Lipinski definition) is 1. The number of nitrogens with one attached hydrogen (secondary N) is 1. The van der Waals surface area contributed by atoms with Crippen LogP contribution in [-0.2, 0) is 13.1 Å². The van der Waals surface area contributed by atoms with Gasteiger partial charge in [0.15, 0.2) is 0 Å². The Morgan fingerprint density at radius 3 is 2.95 bits per heavy atom. The smallest absolute Gasteiger partial charge is 0.291 e. The van der Waals surface area contributed by atoms with Crippen molar-refractivity contribution in [3.63, 3.8) is 0 Å². The van der Waals surface area contributed by atoms with Crippen LogP contribution in [0.3, 0.4) is 0 Å². The van der Waals surface area contributed by atoms with Crippen molar-refractivity contribution < 1.29 is 0 Å². The van der Waals surface area contributed by atoms with Crippen LogP contribution in [0.1, 0.15) is 24.1 Å². The topological polar surface area (TPSA) is 46.9 Å². The molecule has 2 aromatic rings. The van der Waals surface area contributed by atoms with Crippen molar-refractivity contribution in [1.29, 1.82) is 0 Å². The molecule has 4 nitrogen and oxygen atoms in total. The third-order valence-electron chi connectivity index (χ3n) is 3.71. The zero-order chi connectivity index (χ0) is 14.8. The van der Waals surface area contributed by atoms with Crippen LogP contribution >= 0.6 is 38.9 Å². The summed E-state index contributed by atoms with van der Waals surface area (Å²) in [6.45, 7) is 1.27. The molecule has 0 bridgehead atoms. The lowest BCUT2D eigenvalue weighted by atomic mass is 9.85. The number of thiophene rings is 1. The van der Waals surface area contributed by atoms with Crippen molar-refractivity contribution in [2.24, 2.45) is 5.92 Å². The fraction of sp³-hybridized carbons (Fsp3) is 0.429. The van der Waals surface area contributed by atoms with E-state index in [1.807, 2.05) is 11.4 Å². The highest BCUT2D eigenvalue weighted by atomic mass is 79.9. The first-order valence-electron chi connectivity index (χ1n) is 6.86. The van der Waals surface area contributed by atoms with Crippen LogP contribution in [0.2, 0.25) is 5.02 Å². The molecule has 3 rings (SSSR count). The maximum absolute atomic E-state index is 12.4. The van der Waals surface area contributed by atoms with E-state index < -0.39 is 0 Å². The second kappa shape index (κ2) is 6.50. The predicted octanol–water partition coefficient (Wildman–Crippen LogP) is 4.13. The van der Waals surface area contributed by atoms with Crippen LogP contribution in [0.15, 0.2) is 26.9 Å². The molecule has 1 aliphatic carbocycles. The summed E-state index contributed by atoms with van der Waals surface area (Å²) in [5.41, 5.74) is 0.306. The molecule has 2 heterocycles. The molecule has 0 amide bonds. The third kappa shape index (κ3) is 3.49. The molecule has 1 saturated carbocycles. The normalized spacial score (nSPS) is 15.0. The maximum atomic E-state index is 12.4. The number of nitrogens with zero attached hydrogens (tertiary/aromatic N) is 2. The fourth-order valence-electron chi connectivity index (χ4n) is 2.30. The van der Waals surface area contributed by atoms with Gasteiger partial charge >= 0.3 is 0 Å². The molecular formula is C14H15BrClN3OS. The molecule has 0 aliphatic heterocycles. The van der Waals surface area contributed by atoms with Gasteiger partial charge in [0.25, 0.3) is 5.56 Å². The molecule has 21 heavy (non-hydrogen) atoms. The van der Waals surface area contributed by atoms with Gasteiger partial charge < -0.3 is 5.32 Å². The monoisotopic (exact) mass is 387 g/mol. The summed E-state index contributed by atoms with van der Waals surface area (Å²) in [5, 5.41) is 9.68. The maximum Gasteiger partial charge on any atom is 0.291 e. The van der Waals surface area contributed by atoms with E-state index in [4.69, 9.17) is 11.6 Å². The highest BCUT2D eigenvalue weighted by Crippen LogP contribution is 2.27. The average molecular weight is 389 g/mol. The summed E-state index contributed by atoms with van der Waals surface area (Å²) in [6, 6.07) is 2.03. The van der Waals surface area contributed by atoms with E-state index in [9.17, 15) is 4.79 Å². The molecule has 2 aromatic heterocycles. The molecule has 0 aromatic carbocycles. The van der Waals surface area contributed by atoms with E-state index >= 15 is 0 Å². The summed E-state index contributed by atoms with van der Waals surface area (Å²) in [7, 11) is 0. The van der Waals surface area contributed by atoms with Crippen molar-refractivity contribution in [3.8, 4) is 0 Å². The summed E-state index contributed by atoms with van der Waals surface area (Å²) >= 11 is 11.2. The SMILES string of the molecule is O=c1c(NCc2cc(Br)cs2)c(Cl)cnn1CC1CCC1. The van der Waals surface area contributed by atoms with Gasteiger partial charge in [0.05, 0.1) is 11.2 Å². The lowest BCUT2D eigenvalue weighted by Gasteiger charge is -2.25. The highest BCUT2D eigenvalue weighted by molar-refractivity contribution is 9.10. The Hall–Kier alpha value is -0.850. The molecule has 0 radical (unpaired) electrons. The molecule has 1 fully saturated rings. The molecule has 0 spiro atoms. The van der Waals surface area contributed by atoms with Crippen LogP contribution in [0, 0.1) is 5.92 Å². The Kier molecular flexibility index (Phi) is 4.66. The first-order valence-corrected chi connectivity index (χ1v) is 8.91. The summed E-state index contributed by atoms with van der Waals surface area (Å²) in [5.74, 6) is 0.581. The minimum absolute atomic E-state index is 0.134. The predicted molar refractivity (Wildman–Crippen MR) is 90.2 cm³/mol. The van der Waals surface area contributed by atoms with Crippen LogP contribution < -0.4 is 10.9 Å². The quantitative estimate of drug-likeness (QED) is 0.837. The van der Waals surface area contributed by atoms with E-state index in [0.29, 0.717) is 29.7 Å². The van der Waals surface area contributed by atoms with Gasteiger partial charge in [-0.3, -0.25) is 4.79 Å². The largest absolute Gasteiger partial charge is 0.374 e. The van der Waals surface area contributed by atoms with Gasteiger partial charge in [-0.2, -0.15) is 5.10 Å².